The third-order valence-electron chi connectivity index (χ3n) is 6.62. The molecule has 1 saturated heterocycles. The Morgan fingerprint density at radius 1 is 1.15 bits per heavy atom. The molecule has 3 aromatic heterocycles. The zero-order valence-corrected chi connectivity index (χ0v) is 18.5. The van der Waals surface area contributed by atoms with E-state index in [1.807, 2.05) is 17.1 Å². The van der Waals surface area contributed by atoms with E-state index in [-0.39, 0.29) is 34.4 Å². The summed E-state index contributed by atoms with van der Waals surface area (Å²) in [5.41, 5.74) is 1.76. The van der Waals surface area contributed by atoms with E-state index < -0.39 is 11.6 Å². The summed E-state index contributed by atoms with van der Waals surface area (Å²) in [6.07, 6.45) is 7.41. The van der Waals surface area contributed by atoms with Crippen LogP contribution in [0.1, 0.15) is 55.0 Å². The van der Waals surface area contributed by atoms with Crippen molar-refractivity contribution in [3.63, 3.8) is 0 Å². The second-order valence-electron chi connectivity index (χ2n) is 9.00. The Labute approximate surface area is 193 Å². The molecule has 0 radical (unpaired) electrons. The molecule has 1 saturated carbocycles. The van der Waals surface area contributed by atoms with E-state index in [0.29, 0.717) is 36.6 Å². The van der Waals surface area contributed by atoms with Gasteiger partial charge in [-0.1, -0.05) is 5.21 Å². The van der Waals surface area contributed by atoms with Crippen LogP contribution < -0.4 is 5.56 Å². The first kappa shape index (κ1) is 21.0. The van der Waals surface area contributed by atoms with Crippen LogP contribution >= 0.6 is 0 Å². The molecular formula is C24H22F2N6O2. The Hall–Kier alpha value is -3.53. The van der Waals surface area contributed by atoms with E-state index in [9.17, 15) is 13.6 Å². The van der Waals surface area contributed by atoms with Crippen LogP contribution in [0.25, 0.3) is 22.2 Å². The zero-order chi connectivity index (χ0) is 23.4. The van der Waals surface area contributed by atoms with Gasteiger partial charge < -0.3 is 4.74 Å². The molecule has 4 aromatic rings. The third-order valence-corrected chi connectivity index (χ3v) is 6.62. The van der Waals surface area contributed by atoms with Gasteiger partial charge in [0.25, 0.3) is 5.56 Å². The number of halogens is 2. The highest BCUT2D eigenvalue weighted by Crippen LogP contribution is 2.40. The molecule has 0 bridgehead atoms. The van der Waals surface area contributed by atoms with Gasteiger partial charge in [0.15, 0.2) is 0 Å². The number of rotatable bonds is 4. The Kier molecular flexibility index (Phi) is 4.98. The molecule has 1 unspecified atom stereocenters. The summed E-state index contributed by atoms with van der Waals surface area (Å²) in [5, 5.41) is 12.7. The first-order valence-corrected chi connectivity index (χ1v) is 11.3. The minimum Gasteiger partial charge on any atom is -0.373 e. The number of aryl methyl sites for hydroxylation is 1. The molecule has 4 heterocycles. The fourth-order valence-electron chi connectivity index (χ4n) is 4.58. The molecule has 2 fully saturated rings. The van der Waals surface area contributed by atoms with Crippen molar-refractivity contribution < 1.29 is 13.5 Å². The zero-order valence-electron chi connectivity index (χ0n) is 18.5. The molecule has 2 atom stereocenters. The topological polar surface area (TPSA) is 87.7 Å². The SMILES string of the molecule is Cn1nnc2c(-c3ccc(F)cc3F)nc(C3CCO[C@@H](c4cnn(C5CC5)c4)C3)cc2c1=O. The number of hydrogen-bond donors (Lipinski definition) is 0. The Balaban J connectivity index is 1.43. The van der Waals surface area contributed by atoms with Crippen LogP contribution in [0.2, 0.25) is 0 Å². The maximum absolute atomic E-state index is 14.7. The number of nitrogens with zero attached hydrogens (tertiary/aromatic N) is 6. The van der Waals surface area contributed by atoms with Crippen LogP contribution in [0.4, 0.5) is 8.78 Å². The van der Waals surface area contributed by atoms with E-state index in [0.717, 1.165) is 35.2 Å². The Morgan fingerprint density at radius 3 is 2.79 bits per heavy atom. The number of ether oxygens (including phenoxy) is 1. The minimum absolute atomic E-state index is 0.0208. The fourth-order valence-corrected chi connectivity index (χ4v) is 4.58. The average molecular weight is 464 g/mol. The lowest BCUT2D eigenvalue weighted by Gasteiger charge is -2.29. The standard InChI is InChI=1S/C24H22F2N6O2/c1-31-24(33)18-10-20(28-22(23(18)29-30-31)17-5-2-15(25)9-19(17)26)13-6-7-34-21(8-13)14-11-27-32(12-14)16-3-4-16/h2,5,9-13,16,21H,3-4,6-8H2,1H3/t13?,21-/m1/s1. The summed E-state index contributed by atoms with van der Waals surface area (Å²) in [6.45, 7) is 0.524. The average Bonchev–Trinajstić information content (AvgIpc) is 3.57. The predicted molar refractivity (Wildman–Crippen MR) is 119 cm³/mol. The monoisotopic (exact) mass is 464 g/mol. The molecular weight excluding hydrogens is 442 g/mol. The van der Waals surface area contributed by atoms with Gasteiger partial charge in [-0.05, 0) is 43.9 Å². The van der Waals surface area contributed by atoms with E-state index in [4.69, 9.17) is 9.72 Å². The number of fused-ring (bicyclic) bond motifs is 1. The van der Waals surface area contributed by atoms with Crippen LogP contribution in [0.3, 0.4) is 0 Å². The van der Waals surface area contributed by atoms with Crippen molar-refractivity contribution in [3.8, 4) is 11.3 Å². The predicted octanol–water partition coefficient (Wildman–Crippen LogP) is 3.84. The molecule has 0 spiro atoms. The van der Waals surface area contributed by atoms with Crippen LogP contribution in [0, 0.1) is 11.6 Å². The van der Waals surface area contributed by atoms with E-state index >= 15 is 0 Å². The number of benzene rings is 1. The number of pyridine rings is 1. The van der Waals surface area contributed by atoms with E-state index in [2.05, 4.69) is 15.4 Å². The molecule has 0 N–H and O–H groups in total. The normalized spacial score (nSPS) is 20.7. The number of aromatic nitrogens is 6. The van der Waals surface area contributed by atoms with Gasteiger partial charge in [-0.3, -0.25) is 14.5 Å². The van der Waals surface area contributed by atoms with Gasteiger partial charge in [0.1, 0.15) is 22.8 Å². The minimum atomic E-state index is -0.772. The second-order valence-corrected chi connectivity index (χ2v) is 9.00. The first-order chi connectivity index (χ1) is 16.5. The maximum atomic E-state index is 14.7. The van der Waals surface area contributed by atoms with Crippen LogP contribution in [0.15, 0.2) is 41.5 Å². The molecule has 1 aliphatic carbocycles. The van der Waals surface area contributed by atoms with Crippen molar-refractivity contribution in [1.82, 2.24) is 29.8 Å². The van der Waals surface area contributed by atoms with Gasteiger partial charge in [-0.25, -0.2) is 13.5 Å². The molecule has 10 heteroatoms. The van der Waals surface area contributed by atoms with Gasteiger partial charge in [0.2, 0.25) is 0 Å². The van der Waals surface area contributed by atoms with Crippen molar-refractivity contribution >= 4 is 10.9 Å². The van der Waals surface area contributed by atoms with Gasteiger partial charge in [-0.15, -0.1) is 5.10 Å². The van der Waals surface area contributed by atoms with Gasteiger partial charge in [-0.2, -0.15) is 5.10 Å². The largest absolute Gasteiger partial charge is 0.373 e. The Morgan fingerprint density at radius 2 is 2.00 bits per heavy atom. The van der Waals surface area contributed by atoms with E-state index in [1.54, 1.807) is 6.07 Å². The third kappa shape index (κ3) is 3.67. The van der Waals surface area contributed by atoms with Crippen LogP contribution in [-0.4, -0.2) is 36.4 Å². The van der Waals surface area contributed by atoms with Crippen LogP contribution in [-0.2, 0) is 11.8 Å². The maximum Gasteiger partial charge on any atom is 0.277 e. The molecule has 8 nitrogen and oxygen atoms in total. The molecule has 0 amide bonds. The molecule has 1 aromatic carbocycles. The number of hydrogen-bond acceptors (Lipinski definition) is 6. The Bertz CT molecular complexity index is 1460. The van der Waals surface area contributed by atoms with Gasteiger partial charge in [0, 0.05) is 48.7 Å². The molecule has 34 heavy (non-hydrogen) atoms. The van der Waals surface area contributed by atoms with Crippen LogP contribution in [0.5, 0.6) is 0 Å². The first-order valence-electron chi connectivity index (χ1n) is 11.3. The van der Waals surface area contributed by atoms with Crippen molar-refractivity contribution in [1.29, 1.82) is 0 Å². The lowest BCUT2D eigenvalue weighted by molar-refractivity contribution is 0.00463. The highest BCUT2D eigenvalue weighted by molar-refractivity contribution is 5.91. The van der Waals surface area contributed by atoms with E-state index in [1.165, 1.54) is 13.1 Å². The summed E-state index contributed by atoms with van der Waals surface area (Å²) in [4.78, 5) is 17.6. The fraction of sp³-hybridized carbons (Fsp3) is 0.375. The smallest absolute Gasteiger partial charge is 0.277 e. The van der Waals surface area contributed by atoms with Crippen molar-refractivity contribution in [2.75, 3.05) is 6.61 Å². The summed E-state index contributed by atoms with van der Waals surface area (Å²) in [7, 11) is 1.51. The second kappa shape index (κ2) is 8.05. The molecule has 2 aliphatic rings. The van der Waals surface area contributed by atoms with Crippen molar-refractivity contribution in [3.05, 3.63) is 69.9 Å². The quantitative estimate of drug-likeness (QED) is 0.456. The molecule has 6 rings (SSSR count). The molecule has 174 valence electrons. The summed E-state index contributed by atoms with van der Waals surface area (Å²) >= 11 is 0. The van der Waals surface area contributed by atoms with Crippen molar-refractivity contribution in [2.45, 2.75) is 43.7 Å². The summed E-state index contributed by atoms with van der Waals surface area (Å²) in [6, 6.07) is 5.48. The van der Waals surface area contributed by atoms with Gasteiger partial charge in [0.05, 0.1) is 23.7 Å². The molecule has 1 aliphatic heterocycles. The highest BCUT2D eigenvalue weighted by atomic mass is 19.1. The van der Waals surface area contributed by atoms with Gasteiger partial charge >= 0.3 is 0 Å². The summed E-state index contributed by atoms with van der Waals surface area (Å²) < 4.78 is 37.5. The lowest BCUT2D eigenvalue weighted by atomic mass is 9.89. The highest BCUT2D eigenvalue weighted by Gasteiger charge is 2.30. The van der Waals surface area contributed by atoms with Crippen molar-refractivity contribution in [2.24, 2.45) is 7.05 Å². The lowest BCUT2D eigenvalue weighted by Crippen LogP contribution is -2.23. The summed E-state index contributed by atoms with van der Waals surface area (Å²) in [5.74, 6) is -1.49.